The summed E-state index contributed by atoms with van der Waals surface area (Å²) in [6, 6.07) is 0. The van der Waals surface area contributed by atoms with Crippen molar-refractivity contribution in [1.29, 1.82) is 0 Å². The zero-order valence-electron chi connectivity index (χ0n) is 9.87. The van der Waals surface area contributed by atoms with Crippen molar-refractivity contribution in [2.45, 2.75) is 33.2 Å². The Bertz CT molecular complexity index is 315. The van der Waals surface area contributed by atoms with Gasteiger partial charge in [-0.15, -0.1) is 0 Å². The topological polar surface area (TPSA) is 84.5 Å². The Morgan fingerprint density at radius 2 is 1.93 bits per heavy atom. The number of hydrogen-bond acceptors (Lipinski definition) is 3. The van der Waals surface area contributed by atoms with Crippen molar-refractivity contribution in [1.82, 2.24) is 5.32 Å². The molecule has 0 saturated heterocycles. The summed E-state index contributed by atoms with van der Waals surface area (Å²) in [5.41, 5.74) is 5.42. The van der Waals surface area contributed by atoms with Gasteiger partial charge in [-0.1, -0.05) is 6.92 Å². The molecule has 0 spiro atoms. The molecule has 0 saturated carbocycles. The largest absolute Gasteiger partial charge is 0.370 e. The van der Waals surface area contributed by atoms with Crippen molar-refractivity contribution >= 4 is 15.8 Å². The Hall–Kier alpha value is -0.780. The first-order valence-corrected chi connectivity index (χ1v) is 6.77. The fourth-order valence-electron chi connectivity index (χ4n) is 0.873. The van der Waals surface area contributed by atoms with Crippen LogP contribution in [0.25, 0.3) is 0 Å². The third kappa shape index (κ3) is 8.23. The van der Waals surface area contributed by atoms with E-state index < -0.39 is 9.84 Å². The highest BCUT2D eigenvalue weighted by Gasteiger charge is 2.10. The zero-order valence-corrected chi connectivity index (χ0v) is 10.7. The molecule has 0 aliphatic heterocycles. The van der Waals surface area contributed by atoms with Gasteiger partial charge in [-0.3, -0.25) is 4.99 Å². The molecule has 0 radical (unpaired) electrons. The van der Waals surface area contributed by atoms with Gasteiger partial charge in [-0.25, -0.2) is 8.42 Å². The van der Waals surface area contributed by atoms with E-state index in [0.29, 0.717) is 0 Å². The van der Waals surface area contributed by atoms with Crippen molar-refractivity contribution in [3.8, 4) is 0 Å². The summed E-state index contributed by atoms with van der Waals surface area (Å²) in [6.07, 6.45) is 0. The van der Waals surface area contributed by atoms with Crippen LogP contribution in [0.5, 0.6) is 0 Å². The summed E-state index contributed by atoms with van der Waals surface area (Å²) < 4.78 is 22.3. The van der Waals surface area contributed by atoms with Crippen LogP contribution in [0.4, 0.5) is 0 Å². The second kappa shape index (κ2) is 5.34. The smallest absolute Gasteiger partial charge is 0.189 e. The standard InChI is InChI=1S/C9H21N3O2S/c1-5-15(13,14)7-6-11-8(10)12-9(2,3)4/h5-7H2,1-4H3,(H3,10,11,12). The van der Waals surface area contributed by atoms with Gasteiger partial charge >= 0.3 is 0 Å². The summed E-state index contributed by atoms with van der Waals surface area (Å²) in [5.74, 6) is 0.485. The lowest BCUT2D eigenvalue weighted by atomic mass is 10.1. The van der Waals surface area contributed by atoms with E-state index in [-0.39, 0.29) is 29.5 Å². The molecule has 0 unspecified atom stereocenters. The molecule has 0 atom stereocenters. The molecule has 6 heteroatoms. The Labute approximate surface area is 92.1 Å². The number of guanidine groups is 1. The molecule has 0 aromatic heterocycles. The molecule has 5 nitrogen and oxygen atoms in total. The summed E-state index contributed by atoms with van der Waals surface area (Å²) >= 11 is 0. The SMILES string of the molecule is CCS(=O)(=O)CCN=C(N)NC(C)(C)C. The normalized spacial score (nSPS) is 14.0. The average Bonchev–Trinajstić information content (AvgIpc) is 2.00. The molecule has 3 N–H and O–H groups in total. The minimum atomic E-state index is -2.95. The zero-order chi connectivity index (χ0) is 12.1. The molecule has 0 aliphatic rings. The van der Waals surface area contributed by atoms with Crippen molar-refractivity contribution in [3.05, 3.63) is 0 Å². The third-order valence-electron chi connectivity index (χ3n) is 1.63. The molecular formula is C9H21N3O2S. The third-order valence-corrected chi connectivity index (χ3v) is 3.31. The first kappa shape index (κ1) is 14.2. The first-order chi connectivity index (χ1) is 6.66. The van der Waals surface area contributed by atoms with Gasteiger partial charge < -0.3 is 11.1 Å². The van der Waals surface area contributed by atoms with Crippen molar-refractivity contribution in [2.75, 3.05) is 18.1 Å². The first-order valence-electron chi connectivity index (χ1n) is 4.95. The van der Waals surface area contributed by atoms with Gasteiger partial charge in [0.25, 0.3) is 0 Å². The number of nitrogens with two attached hydrogens (primary N) is 1. The summed E-state index contributed by atoms with van der Waals surface area (Å²) in [7, 11) is -2.95. The van der Waals surface area contributed by atoms with Gasteiger partial charge in [-0.05, 0) is 20.8 Å². The Morgan fingerprint density at radius 3 is 2.33 bits per heavy atom. The van der Waals surface area contributed by atoms with Gasteiger partial charge in [0, 0.05) is 11.3 Å². The van der Waals surface area contributed by atoms with Crippen molar-refractivity contribution in [2.24, 2.45) is 10.7 Å². The second-order valence-electron chi connectivity index (χ2n) is 4.38. The van der Waals surface area contributed by atoms with E-state index in [9.17, 15) is 8.42 Å². The predicted octanol–water partition coefficient (Wildman–Crippen LogP) is 0.124. The number of hydrogen-bond donors (Lipinski definition) is 2. The lowest BCUT2D eigenvalue weighted by Crippen LogP contribution is -2.45. The van der Waals surface area contributed by atoms with E-state index >= 15 is 0 Å². The number of sulfone groups is 1. The minimum Gasteiger partial charge on any atom is -0.370 e. The van der Waals surface area contributed by atoms with Crippen LogP contribution in [0.1, 0.15) is 27.7 Å². The minimum absolute atomic E-state index is 0.0516. The fourth-order valence-corrected chi connectivity index (χ4v) is 1.53. The fraction of sp³-hybridized carbons (Fsp3) is 0.889. The van der Waals surface area contributed by atoms with Crippen LogP contribution >= 0.6 is 0 Å². The van der Waals surface area contributed by atoms with Crippen LogP contribution in [-0.4, -0.2) is 38.0 Å². The Balaban J connectivity index is 4.09. The average molecular weight is 235 g/mol. The van der Waals surface area contributed by atoms with E-state index in [0.717, 1.165) is 0 Å². The summed E-state index contributed by atoms with van der Waals surface area (Å²) in [6.45, 7) is 7.70. The highest BCUT2D eigenvalue weighted by molar-refractivity contribution is 7.91. The van der Waals surface area contributed by atoms with Crippen molar-refractivity contribution in [3.63, 3.8) is 0 Å². The van der Waals surface area contributed by atoms with E-state index in [1.54, 1.807) is 6.92 Å². The predicted molar refractivity (Wildman–Crippen MR) is 63.7 cm³/mol. The molecule has 0 aromatic carbocycles. The Kier molecular flexibility index (Phi) is 5.07. The van der Waals surface area contributed by atoms with E-state index in [1.807, 2.05) is 20.8 Å². The molecule has 0 heterocycles. The van der Waals surface area contributed by atoms with Gasteiger partial charge in [0.05, 0.1) is 12.3 Å². The van der Waals surface area contributed by atoms with Gasteiger partial charge in [-0.2, -0.15) is 0 Å². The molecule has 0 aliphatic carbocycles. The molecule has 0 bridgehead atoms. The maximum Gasteiger partial charge on any atom is 0.189 e. The van der Waals surface area contributed by atoms with E-state index in [4.69, 9.17) is 5.73 Å². The van der Waals surface area contributed by atoms with Crippen LogP contribution in [0.2, 0.25) is 0 Å². The van der Waals surface area contributed by atoms with Crippen LogP contribution in [-0.2, 0) is 9.84 Å². The molecule has 0 aromatic rings. The Morgan fingerprint density at radius 1 is 1.40 bits per heavy atom. The van der Waals surface area contributed by atoms with Gasteiger partial charge in [0.15, 0.2) is 15.8 Å². The second-order valence-corrected chi connectivity index (χ2v) is 6.85. The van der Waals surface area contributed by atoms with E-state index in [1.165, 1.54) is 0 Å². The molecule has 0 amide bonds. The summed E-state index contributed by atoms with van der Waals surface area (Å²) in [4.78, 5) is 3.95. The number of nitrogens with one attached hydrogen (secondary N) is 1. The number of rotatable bonds is 4. The van der Waals surface area contributed by atoms with Gasteiger partial charge in [0.2, 0.25) is 0 Å². The maximum absolute atomic E-state index is 11.1. The quantitative estimate of drug-likeness (QED) is 0.535. The van der Waals surface area contributed by atoms with Crippen molar-refractivity contribution < 1.29 is 8.42 Å². The number of aliphatic imine (C=N–C) groups is 1. The number of nitrogens with zero attached hydrogens (tertiary/aromatic N) is 1. The van der Waals surface area contributed by atoms with E-state index in [2.05, 4.69) is 10.3 Å². The molecule has 15 heavy (non-hydrogen) atoms. The maximum atomic E-state index is 11.1. The van der Waals surface area contributed by atoms with Crippen LogP contribution in [0, 0.1) is 0 Å². The molecule has 90 valence electrons. The van der Waals surface area contributed by atoms with Gasteiger partial charge in [0.1, 0.15) is 0 Å². The molecule has 0 rings (SSSR count). The highest BCUT2D eigenvalue weighted by atomic mass is 32.2. The summed E-state index contributed by atoms with van der Waals surface area (Å²) in [5, 5.41) is 2.96. The molecule has 0 fully saturated rings. The lowest BCUT2D eigenvalue weighted by molar-refractivity contribution is 0.508. The molecular weight excluding hydrogens is 214 g/mol. The monoisotopic (exact) mass is 235 g/mol. The highest BCUT2D eigenvalue weighted by Crippen LogP contribution is 1.97. The lowest BCUT2D eigenvalue weighted by Gasteiger charge is -2.20. The van der Waals surface area contributed by atoms with Crippen LogP contribution in [0.15, 0.2) is 4.99 Å². The van der Waals surface area contributed by atoms with Crippen LogP contribution < -0.4 is 11.1 Å². The van der Waals surface area contributed by atoms with Crippen LogP contribution in [0.3, 0.4) is 0 Å².